The van der Waals surface area contributed by atoms with E-state index >= 15 is 0 Å². The van der Waals surface area contributed by atoms with E-state index in [9.17, 15) is 4.79 Å². The largest absolute Gasteiger partial charge is 0.478 e. The Morgan fingerprint density at radius 3 is 2.53 bits per heavy atom. The summed E-state index contributed by atoms with van der Waals surface area (Å²) < 4.78 is 0. The van der Waals surface area contributed by atoms with Crippen molar-refractivity contribution in [2.75, 3.05) is 5.32 Å². The predicted octanol–water partition coefficient (Wildman–Crippen LogP) is 1.39. The minimum absolute atomic E-state index is 0.269. The monoisotopic (exact) mass is 207 g/mol. The van der Waals surface area contributed by atoms with Crippen LogP contribution in [0.5, 0.6) is 0 Å². The molecule has 1 aromatic heterocycles. The molecule has 1 aromatic rings. The molecule has 0 atom stereocenters. The fourth-order valence-electron chi connectivity index (χ4n) is 0.924. The van der Waals surface area contributed by atoms with Crippen molar-refractivity contribution in [3.05, 3.63) is 24.0 Å². The molecule has 1 heterocycles. The third kappa shape index (κ3) is 4.21. The van der Waals surface area contributed by atoms with Gasteiger partial charge in [0.15, 0.2) is 0 Å². The molecule has 15 heavy (non-hydrogen) atoms. The molecular formula is C10H13N3O2. The zero-order chi connectivity index (χ0) is 11.3. The first kappa shape index (κ1) is 11.2. The van der Waals surface area contributed by atoms with E-state index in [0.717, 1.165) is 6.08 Å². The summed E-state index contributed by atoms with van der Waals surface area (Å²) in [7, 11) is 0. The lowest BCUT2D eigenvalue weighted by Gasteiger charge is -2.06. The van der Waals surface area contributed by atoms with Crippen LogP contribution < -0.4 is 5.32 Å². The zero-order valence-electron chi connectivity index (χ0n) is 8.64. The van der Waals surface area contributed by atoms with Gasteiger partial charge in [0, 0.05) is 30.1 Å². The first-order valence-corrected chi connectivity index (χ1v) is 4.57. The Hall–Kier alpha value is -1.91. The number of nitrogens with zero attached hydrogens (tertiary/aromatic N) is 2. The molecule has 0 fully saturated rings. The molecular weight excluding hydrogens is 194 g/mol. The highest BCUT2D eigenvalue weighted by Crippen LogP contribution is 2.03. The quantitative estimate of drug-likeness (QED) is 0.730. The average Bonchev–Trinajstić information content (AvgIpc) is 2.16. The number of anilines is 1. The number of carboxylic acid groups (broad SMARTS) is 1. The van der Waals surface area contributed by atoms with Gasteiger partial charge in [-0.1, -0.05) is 0 Å². The maximum Gasteiger partial charge on any atom is 0.328 e. The third-order valence-electron chi connectivity index (χ3n) is 1.51. The van der Waals surface area contributed by atoms with Crippen molar-refractivity contribution in [1.82, 2.24) is 9.97 Å². The molecule has 0 saturated heterocycles. The minimum atomic E-state index is -0.987. The lowest BCUT2D eigenvalue weighted by Crippen LogP contribution is -2.12. The second-order valence-electron chi connectivity index (χ2n) is 3.31. The van der Waals surface area contributed by atoms with Crippen molar-refractivity contribution in [1.29, 1.82) is 0 Å². The van der Waals surface area contributed by atoms with Gasteiger partial charge in [-0.25, -0.2) is 14.8 Å². The number of hydrogen-bond donors (Lipinski definition) is 2. The Bertz CT molecular complexity index is 357. The highest BCUT2D eigenvalue weighted by atomic mass is 16.4. The SMILES string of the molecule is CC(C)Nc1ncc(/C=C/C(=O)O)cn1. The summed E-state index contributed by atoms with van der Waals surface area (Å²) in [6, 6.07) is 0.269. The van der Waals surface area contributed by atoms with Crippen LogP contribution in [0, 0.1) is 0 Å². The second kappa shape index (κ2) is 5.09. The Labute approximate surface area is 87.9 Å². The lowest BCUT2D eigenvalue weighted by atomic mass is 10.3. The van der Waals surface area contributed by atoms with Gasteiger partial charge in [-0.15, -0.1) is 0 Å². The number of rotatable bonds is 4. The standard InChI is InChI=1S/C10H13N3O2/c1-7(2)13-10-11-5-8(6-12-10)3-4-9(14)15/h3-7H,1-2H3,(H,14,15)(H,11,12,13)/b4-3+. The van der Waals surface area contributed by atoms with Crippen molar-refractivity contribution in [2.45, 2.75) is 19.9 Å². The molecule has 0 aliphatic carbocycles. The Kier molecular flexibility index (Phi) is 3.79. The van der Waals surface area contributed by atoms with E-state index in [2.05, 4.69) is 15.3 Å². The Balaban J connectivity index is 2.68. The third-order valence-corrected chi connectivity index (χ3v) is 1.51. The first-order chi connectivity index (χ1) is 7.08. The van der Waals surface area contributed by atoms with Crippen LogP contribution in [-0.4, -0.2) is 27.1 Å². The molecule has 0 radical (unpaired) electrons. The molecule has 0 amide bonds. The number of hydrogen-bond acceptors (Lipinski definition) is 4. The van der Waals surface area contributed by atoms with Gasteiger partial charge >= 0.3 is 5.97 Å². The zero-order valence-corrected chi connectivity index (χ0v) is 8.64. The van der Waals surface area contributed by atoms with Crippen LogP contribution in [0.2, 0.25) is 0 Å². The van der Waals surface area contributed by atoms with Crippen LogP contribution in [0.4, 0.5) is 5.95 Å². The van der Waals surface area contributed by atoms with Gasteiger partial charge < -0.3 is 10.4 Å². The van der Waals surface area contributed by atoms with Gasteiger partial charge in [0.1, 0.15) is 0 Å². The summed E-state index contributed by atoms with van der Waals surface area (Å²) in [6.07, 6.45) is 5.63. The van der Waals surface area contributed by atoms with Gasteiger partial charge in [0.05, 0.1) is 0 Å². The average molecular weight is 207 g/mol. The Morgan fingerprint density at radius 1 is 1.47 bits per heavy atom. The van der Waals surface area contributed by atoms with E-state index < -0.39 is 5.97 Å². The van der Waals surface area contributed by atoms with Gasteiger partial charge in [-0.3, -0.25) is 0 Å². The Morgan fingerprint density at radius 2 is 2.07 bits per heavy atom. The van der Waals surface area contributed by atoms with Crippen molar-refractivity contribution in [3.8, 4) is 0 Å². The molecule has 80 valence electrons. The van der Waals surface area contributed by atoms with Crippen LogP contribution in [0.15, 0.2) is 18.5 Å². The first-order valence-electron chi connectivity index (χ1n) is 4.57. The molecule has 0 saturated carbocycles. The predicted molar refractivity (Wildman–Crippen MR) is 57.5 cm³/mol. The van der Waals surface area contributed by atoms with E-state index in [0.29, 0.717) is 11.5 Å². The fraction of sp³-hybridized carbons (Fsp3) is 0.300. The smallest absolute Gasteiger partial charge is 0.328 e. The highest BCUT2D eigenvalue weighted by Gasteiger charge is 1.97. The maximum atomic E-state index is 10.2. The number of nitrogens with one attached hydrogen (secondary N) is 1. The summed E-state index contributed by atoms with van der Waals surface area (Å²) in [4.78, 5) is 18.3. The van der Waals surface area contributed by atoms with Crippen molar-refractivity contribution >= 4 is 18.0 Å². The summed E-state index contributed by atoms with van der Waals surface area (Å²) in [5.74, 6) is -0.447. The van der Waals surface area contributed by atoms with Gasteiger partial charge in [0.25, 0.3) is 0 Å². The van der Waals surface area contributed by atoms with Crippen molar-refractivity contribution in [2.24, 2.45) is 0 Å². The molecule has 2 N–H and O–H groups in total. The van der Waals surface area contributed by atoms with Crippen LogP contribution in [0.1, 0.15) is 19.4 Å². The van der Waals surface area contributed by atoms with E-state index in [1.807, 2.05) is 13.8 Å². The van der Waals surface area contributed by atoms with Crippen LogP contribution in [0.3, 0.4) is 0 Å². The van der Waals surface area contributed by atoms with Gasteiger partial charge in [0.2, 0.25) is 5.95 Å². The van der Waals surface area contributed by atoms with Crippen LogP contribution in [-0.2, 0) is 4.79 Å². The van der Waals surface area contributed by atoms with E-state index in [1.54, 1.807) is 12.4 Å². The second-order valence-corrected chi connectivity index (χ2v) is 3.31. The normalized spacial score (nSPS) is 10.9. The maximum absolute atomic E-state index is 10.2. The highest BCUT2D eigenvalue weighted by molar-refractivity contribution is 5.85. The minimum Gasteiger partial charge on any atom is -0.478 e. The molecule has 0 aliphatic rings. The van der Waals surface area contributed by atoms with Gasteiger partial charge in [-0.2, -0.15) is 0 Å². The molecule has 0 spiro atoms. The summed E-state index contributed by atoms with van der Waals surface area (Å²) in [6.45, 7) is 3.98. The van der Waals surface area contributed by atoms with Crippen LogP contribution >= 0.6 is 0 Å². The molecule has 0 bridgehead atoms. The molecule has 5 nitrogen and oxygen atoms in total. The number of carboxylic acids is 1. The molecule has 0 aromatic carbocycles. The van der Waals surface area contributed by atoms with Crippen molar-refractivity contribution in [3.63, 3.8) is 0 Å². The van der Waals surface area contributed by atoms with E-state index in [4.69, 9.17) is 5.11 Å². The number of carbonyl (C=O) groups is 1. The van der Waals surface area contributed by atoms with Gasteiger partial charge in [-0.05, 0) is 19.9 Å². The van der Waals surface area contributed by atoms with Crippen LogP contribution in [0.25, 0.3) is 6.08 Å². The summed E-state index contributed by atoms with van der Waals surface area (Å²) in [5.41, 5.74) is 0.659. The lowest BCUT2D eigenvalue weighted by molar-refractivity contribution is -0.131. The molecule has 1 rings (SSSR count). The van der Waals surface area contributed by atoms with E-state index in [1.165, 1.54) is 6.08 Å². The summed E-state index contributed by atoms with van der Waals surface area (Å²) in [5, 5.41) is 11.4. The van der Waals surface area contributed by atoms with Crippen molar-refractivity contribution < 1.29 is 9.90 Å². The van der Waals surface area contributed by atoms with E-state index in [-0.39, 0.29) is 6.04 Å². The number of aromatic nitrogens is 2. The fourth-order valence-corrected chi connectivity index (χ4v) is 0.924. The topological polar surface area (TPSA) is 75.1 Å². The molecule has 0 unspecified atom stereocenters. The molecule has 0 aliphatic heterocycles. The molecule has 5 heteroatoms. The number of aliphatic carboxylic acids is 1. The summed E-state index contributed by atoms with van der Waals surface area (Å²) >= 11 is 0.